The molecule has 0 bridgehead atoms. The predicted octanol–water partition coefficient (Wildman–Crippen LogP) is 3.57. The quantitative estimate of drug-likeness (QED) is 0.847. The second-order valence-electron chi connectivity index (χ2n) is 5.95. The summed E-state index contributed by atoms with van der Waals surface area (Å²) in [5.74, 6) is 1.86. The normalized spacial score (nSPS) is 13.7. The molecule has 0 aromatic heterocycles. The van der Waals surface area contributed by atoms with Crippen LogP contribution in [0.15, 0.2) is 48.5 Å². The molecule has 1 aliphatic heterocycles. The van der Waals surface area contributed by atoms with E-state index in [1.54, 1.807) is 4.90 Å². The Morgan fingerprint density at radius 2 is 1.87 bits per heavy atom. The number of carbonyl (C=O) groups excluding carboxylic acids is 1. The molecule has 0 radical (unpaired) electrons. The van der Waals surface area contributed by atoms with Crippen molar-refractivity contribution in [2.24, 2.45) is 0 Å². The minimum atomic E-state index is 0.138. The van der Waals surface area contributed by atoms with Crippen molar-refractivity contribution in [1.29, 1.82) is 0 Å². The highest BCUT2D eigenvalue weighted by Gasteiger charge is 2.17. The summed E-state index contributed by atoms with van der Waals surface area (Å²) in [4.78, 5) is 14.2. The summed E-state index contributed by atoms with van der Waals surface area (Å²) in [6.45, 7) is 2.92. The van der Waals surface area contributed by atoms with Gasteiger partial charge >= 0.3 is 0 Å². The number of rotatable bonds is 5. The number of amides is 1. The topological polar surface area (TPSA) is 38.8 Å². The van der Waals surface area contributed by atoms with Crippen molar-refractivity contribution in [3.63, 3.8) is 0 Å². The maximum atomic E-state index is 12.4. The van der Waals surface area contributed by atoms with E-state index in [2.05, 4.69) is 19.1 Å². The molecule has 0 N–H and O–H groups in total. The van der Waals surface area contributed by atoms with E-state index in [-0.39, 0.29) is 18.6 Å². The van der Waals surface area contributed by atoms with E-state index in [9.17, 15) is 4.79 Å². The van der Waals surface area contributed by atoms with Gasteiger partial charge in [0.25, 0.3) is 0 Å². The molecular weight excluding hydrogens is 290 g/mol. The number of carbonyl (C=O) groups is 1. The largest absolute Gasteiger partial charge is 0.454 e. The maximum Gasteiger partial charge on any atom is 0.231 e. The van der Waals surface area contributed by atoms with Gasteiger partial charge in [-0.15, -0.1) is 0 Å². The summed E-state index contributed by atoms with van der Waals surface area (Å²) >= 11 is 0. The fourth-order valence-electron chi connectivity index (χ4n) is 2.72. The monoisotopic (exact) mass is 311 g/mol. The molecule has 1 atom stereocenters. The SMILES string of the molecule is CC(CC(=O)N(C)Cc1ccc2c(c1)OCO2)c1ccccc1. The molecule has 120 valence electrons. The number of benzene rings is 2. The minimum Gasteiger partial charge on any atom is -0.454 e. The predicted molar refractivity (Wildman–Crippen MR) is 88.5 cm³/mol. The van der Waals surface area contributed by atoms with E-state index < -0.39 is 0 Å². The molecule has 4 heteroatoms. The van der Waals surface area contributed by atoms with Crippen LogP contribution in [0.4, 0.5) is 0 Å². The smallest absolute Gasteiger partial charge is 0.231 e. The van der Waals surface area contributed by atoms with E-state index in [1.807, 2.05) is 43.4 Å². The maximum absolute atomic E-state index is 12.4. The number of hydrogen-bond acceptors (Lipinski definition) is 3. The first-order valence-electron chi connectivity index (χ1n) is 7.81. The molecule has 23 heavy (non-hydrogen) atoms. The van der Waals surface area contributed by atoms with Crippen LogP contribution < -0.4 is 9.47 Å². The van der Waals surface area contributed by atoms with Crippen molar-refractivity contribution in [2.45, 2.75) is 25.8 Å². The number of hydrogen-bond donors (Lipinski definition) is 0. The molecule has 0 saturated heterocycles. The second kappa shape index (κ2) is 6.73. The first-order chi connectivity index (χ1) is 11.1. The van der Waals surface area contributed by atoms with E-state index in [1.165, 1.54) is 5.56 Å². The summed E-state index contributed by atoms with van der Waals surface area (Å²) in [6, 6.07) is 15.9. The molecule has 0 spiro atoms. The molecular formula is C19H21NO3. The summed E-state index contributed by atoms with van der Waals surface area (Å²) in [7, 11) is 1.84. The first kappa shape index (κ1) is 15.4. The van der Waals surface area contributed by atoms with Crippen molar-refractivity contribution in [3.8, 4) is 11.5 Å². The van der Waals surface area contributed by atoms with E-state index in [0.717, 1.165) is 17.1 Å². The molecule has 2 aromatic carbocycles. The zero-order chi connectivity index (χ0) is 16.2. The van der Waals surface area contributed by atoms with Crippen molar-refractivity contribution < 1.29 is 14.3 Å². The molecule has 3 rings (SSSR count). The van der Waals surface area contributed by atoms with Crippen LogP contribution in [-0.2, 0) is 11.3 Å². The zero-order valence-corrected chi connectivity index (χ0v) is 13.5. The highest BCUT2D eigenvalue weighted by atomic mass is 16.7. The van der Waals surface area contributed by atoms with Crippen LogP contribution in [-0.4, -0.2) is 24.6 Å². The standard InChI is InChI=1S/C19H21NO3/c1-14(16-6-4-3-5-7-16)10-19(21)20(2)12-15-8-9-17-18(11-15)23-13-22-17/h3-9,11,14H,10,12-13H2,1-2H3. The Morgan fingerprint density at radius 3 is 2.65 bits per heavy atom. The number of fused-ring (bicyclic) bond motifs is 1. The third-order valence-corrected chi connectivity index (χ3v) is 4.13. The van der Waals surface area contributed by atoms with E-state index in [0.29, 0.717) is 13.0 Å². The van der Waals surface area contributed by atoms with Gasteiger partial charge in [0, 0.05) is 20.0 Å². The van der Waals surface area contributed by atoms with Gasteiger partial charge in [0.2, 0.25) is 12.7 Å². The lowest BCUT2D eigenvalue weighted by Gasteiger charge is -2.20. The van der Waals surface area contributed by atoms with Gasteiger partial charge in [0.05, 0.1) is 0 Å². The Kier molecular flexibility index (Phi) is 4.51. The first-order valence-corrected chi connectivity index (χ1v) is 7.81. The fourth-order valence-corrected chi connectivity index (χ4v) is 2.72. The lowest BCUT2D eigenvalue weighted by molar-refractivity contribution is -0.130. The minimum absolute atomic E-state index is 0.138. The van der Waals surface area contributed by atoms with Crippen LogP contribution in [0.25, 0.3) is 0 Å². The molecule has 0 saturated carbocycles. The van der Waals surface area contributed by atoms with Gasteiger partial charge in [0.1, 0.15) is 0 Å². The van der Waals surface area contributed by atoms with Crippen LogP contribution >= 0.6 is 0 Å². The van der Waals surface area contributed by atoms with Crippen LogP contribution in [0.1, 0.15) is 30.4 Å². The fraction of sp³-hybridized carbons (Fsp3) is 0.316. The lowest BCUT2D eigenvalue weighted by Crippen LogP contribution is -2.27. The van der Waals surface area contributed by atoms with Gasteiger partial charge in [-0.05, 0) is 29.2 Å². The second-order valence-corrected chi connectivity index (χ2v) is 5.95. The molecule has 1 unspecified atom stereocenters. The highest BCUT2D eigenvalue weighted by Crippen LogP contribution is 2.32. The Bertz CT molecular complexity index is 684. The third kappa shape index (κ3) is 3.65. The van der Waals surface area contributed by atoms with Crippen LogP contribution in [0.5, 0.6) is 11.5 Å². The average molecular weight is 311 g/mol. The Labute approximate surface area is 136 Å². The Balaban J connectivity index is 1.59. The molecule has 4 nitrogen and oxygen atoms in total. The van der Waals surface area contributed by atoms with Crippen LogP contribution in [0.3, 0.4) is 0 Å². The van der Waals surface area contributed by atoms with Gasteiger partial charge < -0.3 is 14.4 Å². The van der Waals surface area contributed by atoms with Crippen molar-refractivity contribution in [1.82, 2.24) is 4.90 Å². The van der Waals surface area contributed by atoms with Gasteiger partial charge in [0.15, 0.2) is 11.5 Å². The van der Waals surface area contributed by atoms with Crippen molar-refractivity contribution in [3.05, 3.63) is 59.7 Å². The molecule has 2 aromatic rings. The van der Waals surface area contributed by atoms with Crippen molar-refractivity contribution in [2.75, 3.05) is 13.8 Å². The number of ether oxygens (including phenoxy) is 2. The van der Waals surface area contributed by atoms with Gasteiger partial charge in [-0.25, -0.2) is 0 Å². The van der Waals surface area contributed by atoms with E-state index >= 15 is 0 Å². The summed E-state index contributed by atoms with van der Waals surface area (Å²) in [5, 5.41) is 0. The lowest BCUT2D eigenvalue weighted by atomic mass is 9.97. The number of nitrogens with zero attached hydrogens (tertiary/aromatic N) is 1. The molecule has 1 amide bonds. The zero-order valence-electron chi connectivity index (χ0n) is 13.5. The third-order valence-electron chi connectivity index (χ3n) is 4.13. The molecule has 0 fully saturated rings. The molecule has 0 aliphatic carbocycles. The molecule has 1 aliphatic rings. The average Bonchev–Trinajstić information content (AvgIpc) is 3.03. The van der Waals surface area contributed by atoms with Crippen molar-refractivity contribution >= 4 is 5.91 Å². The summed E-state index contributed by atoms with van der Waals surface area (Å²) in [5.41, 5.74) is 2.23. The van der Waals surface area contributed by atoms with Crippen LogP contribution in [0.2, 0.25) is 0 Å². The van der Waals surface area contributed by atoms with E-state index in [4.69, 9.17) is 9.47 Å². The summed E-state index contributed by atoms with van der Waals surface area (Å²) < 4.78 is 10.7. The van der Waals surface area contributed by atoms with Crippen LogP contribution in [0, 0.1) is 0 Å². The van der Waals surface area contributed by atoms with Gasteiger partial charge in [-0.3, -0.25) is 4.79 Å². The Morgan fingerprint density at radius 1 is 1.13 bits per heavy atom. The van der Waals surface area contributed by atoms with Gasteiger partial charge in [-0.2, -0.15) is 0 Å². The Hall–Kier alpha value is -2.49. The summed E-state index contributed by atoms with van der Waals surface area (Å²) in [6.07, 6.45) is 0.505. The molecule has 1 heterocycles. The van der Waals surface area contributed by atoms with Gasteiger partial charge in [-0.1, -0.05) is 43.3 Å². The highest BCUT2D eigenvalue weighted by molar-refractivity contribution is 5.76.